The number of nitrogens with two attached hydrogens (primary N) is 1. The largest absolute Gasteiger partial charge is 0.370 e. The van der Waals surface area contributed by atoms with Crippen molar-refractivity contribution in [1.82, 2.24) is 14.9 Å². The molecule has 2 heterocycles. The second-order valence-corrected chi connectivity index (χ2v) is 2.75. The van der Waals surface area contributed by atoms with Crippen molar-refractivity contribution in [2.24, 2.45) is 10.7 Å². The van der Waals surface area contributed by atoms with Crippen LogP contribution in [0.25, 0.3) is 0 Å². The molecule has 1 amide bonds. The Bertz CT molecular complexity index is 367. The summed E-state index contributed by atoms with van der Waals surface area (Å²) in [5, 5.41) is 2.94. The van der Waals surface area contributed by atoms with E-state index in [9.17, 15) is 4.79 Å². The number of hydrogen-bond donors (Lipinski definition) is 2. The minimum absolute atomic E-state index is 0.152. The normalized spacial score (nSPS) is 13.5. The highest BCUT2D eigenvalue weighted by Gasteiger charge is 2.12. The van der Waals surface area contributed by atoms with Crippen LogP contribution in [0.4, 0.5) is 5.82 Å². The van der Waals surface area contributed by atoms with Gasteiger partial charge in [0.25, 0.3) is 0 Å². The van der Waals surface area contributed by atoms with Crippen LogP contribution in [0.1, 0.15) is 5.69 Å². The Labute approximate surface area is 74.5 Å². The van der Waals surface area contributed by atoms with E-state index in [2.05, 4.69) is 15.3 Å². The molecule has 0 saturated heterocycles. The quantitative estimate of drug-likeness (QED) is 0.619. The van der Waals surface area contributed by atoms with Crippen LogP contribution in [-0.2, 0) is 17.9 Å². The Morgan fingerprint density at radius 2 is 2.62 bits per heavy atom. The van der Waals surface area contributed by atoms with Gasteiger partial charge in [-0.3, -0.25) is 4.79 Å². The highest BCUT2D eigenvalue weighted by molar-refractivity contribution is 5.74. The van der Waals surface area contributed by atoms with E-state index in [1.54, 1.807) is 17.2 Å². The minimum Gasteiger partial charge on any atom is -0.370 e. The smallest absolute Gasteiger partial charge is 0.237 e. The SMILES string of the molecule is NC(=O)Cn1cnc2c1CNC=N2. The Hall–Kier alpha value is -1.85. The fraction of sp³-hybridized carbons (Fsp3) is 0.286. The van der Waals surface area contributed by atoms with Gasteiger partial charge in [0.2, 0.25) is 5.91 Å². The van der Waals surface area contributed by atoms with Gasteiger partial charge in [-0.25, -0.2) is 9.98 Å². The molecule has 1 aromatic rings. The Balaban J connectivity index is 2.32. The van der Waals surface area contributed by atoms with Gasteiger partial charge in [0, 0.05) is 0 Å². The molecule has 0 bridgehead atoms. The van der Waals surface area contributed by atoms with Gasteiger partial charge in [-0.15, -0.1) is 0 Å². The summed E-state index contributed by atoms with van der Waals surface area (Å²) >= 11 is 0. The third-order valence-electron chi connectivity index (χ3n) is 1.80. The Morgan fingerprint density at radius 3 is 3.38 bits per heavy atom. The maximum Gasteiger partial charge on any atom is 0.237 e. The summed E-state index contributed by atoms with van der Waals surface area (Å²) in [7, 11) is 0. The highest BCUT2D eigenvalue weighted by atomic mass is 16.1. The molecule has 0 spiro atoms. The molecule has 2 rings (SSSR count). The summed E-state index contributed by atoms with van der Waals surface area (Å²) in [5.41, 5.74) is 5.96. The van der Waals surface area contributed by atoms with Crippen molar-refractivity contribution in [2.45, 2.75) is 13.1 Å². The minimum atomic E-state index is -0.380. The number of nitrogens with one attached hydrogen (secondary N) is 1. The number of primary amides is 1. The zero-order valence-corrected chi connectivity index (χ0v) is 6.90. The predicted octanol–water partition coefficient (Wildman–Crippen LogP) is -0.869. The maximum atomic E-state index is 10.7. The number of carbonyl (C=O) groups is 1. The molecule has 1 aromatic heterocycles. The molecule has 68 valence electrons. The first-order chi connectivity index (χ1) is 6.27. The molecule has 13 heavy (non-hydrogen) atoms. The van der Waals surface area contributed by atoms with Crippen LogP contribution in [-0.4, -0.2) is 21.8 Å². The first kappa shape index (κ1) is 7.78. The second-order valence-electron chi connectivity index (χ2n) is 2.75. The molecule has 0 aliphatic carbocycles. The lowest BCUT2D eigenvalue weighted by Crippen LogP contribution is -2.22. The number of amides is 1. The monoisotopic (exact) mass is 179 g/mol. The van der Waals surface area contributed by atoms with Crippen LogP contribution in [0.3, 0.4) is 0 Å². The molecule has 0 atom stereocenters. The van der Waals surface area contributed by atoms with E-state index in [1.807, 2.05) is 0 Å². The van der Waals surface area contributed by atoms with Crippen LogP contribution in [0.2, 0.25) is 0 Å². The Kier molecular flexibility index (Phi) is 1.73. The van der Waals surface area contributed by atoms with Crippen LogP contribution in [0, 0.1) is 0 Å². The lowest BCUT2D eigenvalue weighted by atomic mass is 10.4. The van der Waals surface area contributed by atoms with Crippen molar-refractivity contribution >= 4 is 18.1 Å². The zero-order valence-electron chi connectivity index (χ0n) is 6.90. The van der Waals surface area contributed by atoms with Gasteiger partial charge >= 0.3 is 0 Å². The van der Waals surface area contributed by atoms with Gasteiger partial charge in [0.15, 0.2) is 5.82 Å². The third kappa shape index (κ3) is 1.37. The maximum absolute atomic E-state index is 10.7. The summed E-state index contributed by atoms with van der Waals surface area (Å²) < 4.78 is 1.70. The summed E-state index contributed by atoms with van der Waals surface area (Å²) in [6.45, 7) is 0.783. The summed E-state index contributed by atoms with van der Waals surface area (Å²) in [6.07, 6.45) is 3.16. The van der Waals surface area contributed by atoms with Crippen LogP contribution in [0.5, 0.6) is 0 Å². The molecule has 3 N–H and O–H groups in total. The van der Waals surface area contributed by atoms with Crippen molar-refractivity contribution in [2.75, 3.05) is 0 Å². The average Bonchev–Trinajstić information content (AvgIpc) is 2.48. The standard InChI is InChI=1S/C7H9N5O/c8-6(13)2-12-4-11-7-5(12)1-9-3-10-7/h3-4H,1-2H2,(H2,8,13)(H,9,10). The van der Waals surface area contributed by atoms with E-state index in [4.69, 9.17) is 5.73 Å². The van der Waals surface area contributed by atoms with Crippen LogP contribution < -0.4 is 11.1 Å². The lowest BCUT2D eigenvalue weighted by molar-refractivity contribution is -0.118. The van der Waals surface area contributed by atoms with Gasteiger partial charge < -0.3 is 15.6 Å². The number of hydrogen-bond acceptors (Lipinski definition) is 4. The van der Waals surface area contributed by atoms with Crippen LogP contribution in [0.15, 0.2) is 11.3 Å². The van der Waals surface area contributed by atoms with E-state index >= 15 is 0 Å². The molecule has 0 fully saturated rings. The summed E-state index contributed by atoms with van der Waals surface area (Å²) in [5.74, 6) is 0.273. The molecular formula is C7H9N5O. The first-order valence-corrected chi connectivity index (χ1v) is 3.85. The van der Waals surface area contributed by atoms with Crippen molar-refractivity contribution in [3.63, 3.8) is 0 Å². The van der Waals surface area contributed by atoms with E-state index in [1.165, 1.54) is 0 Å². The van der Waals surface area contributed by atoms with Gasteiger partial charge in [-0.1, -0.05) is 0 Å². The van der Waals surface area contributed by atoms with Gasteiger partial charge in [-0.05, 0) is 0 Å². The number of rotatable bonds is 2. The number of imidazole rings is 1. The first-order valence-electron chi connectivity index (χ1n) is 3.85. The fourth-order valence-corrected chi connectivity index (χ4v) is 1.24. The number of fused-ring (bicyclic) bond motifs is 1. The highest BCUT2D eigenvalue weighted by Crippen LogP contribution is 2.17. The lowest BCUT2D eigenvalue weighted by Gasteiger charge is -2.09. The van der Waals surface area contributed by atoms with E-state index < -0.39 is 0 Å². The van der Waals surface area contributed by atoms with Gasteiger partial charge in [0.1, 0.15) is 6.54 Å². The molecule has 1 aliphatic rings. The van der Waals surface area contributed by atoms with Crippen molar-refractivity contribution in [3.8, 4) is 0 Å². The molecule has 0 unspecified atom stereocenters. The Morgan fingerprint density at radius 1 is 1.77 bits per heavy atom. The van der Waals surface area contributed by atoms with Crippen molar-refractivity contribution < 1.29 is 4.79 Å². The molecular weight excluding hydrogens is 170 g/mol. The third-order valence-corrected chi connectivity index (χ3v) is 1.80. The average molecular weight is 179 g/mol. The number of nitrogens with zero attached hydrogens (tertiary/aromatic N) is 3. The number of carbonyl (C=O) groups excluding carboxylic acids is 1. The molecule has 1 aliphatic heterocycles. The van der Waals surface area contributed by atoms with Crippen LogP contribution >= 0.6 is 0 Å². The topological polar surface area (TPSA) is 85.3 Å². The van der Waals surface area contributed by atoms with Crippen molar-refractivity contribution in [1.29, 1.82) is 0 Å². The molecule has 6 nitrogen and oxygen atoms in total. The number of aromatic nitrogens is 2. The molecule has 0 aromatic carbocycles. The van der Waals surface area contributed by atoms with E-state index in [-0.39, 0.29) is 12.5 Å². The van der Waals surface area contributed by atoms with E-state index in [0.29, 0.717) is 12.4 Å². The molecule has 6 heteroatoms. The second kappa shape index (κ2) is 2.89. The van der Waals surface area contributed by atoms with Gasteiger partial charge in [0.05, 0.1) is 24.9 Å². The summed E-state index contributed by atoms with van der Waals surface area (Å²) in [6, 6.07) is 0. The van der Waals surface area contributed by atoms with Gasteiger partial charge in [-0.2, -0.15) is 0 Å². The predicted molar refractivity (Wildman–Crippen MR) is 46.4 cm³/mol. The number of aliphatic imine (C=N–C) groups is 1. The summed E-state index contributed by atoms with van der Waals surface area (Å²) in [4.78, 5) is 18.7. The zero-order chi connectivity index (χ0) is 9.26. The van der Waals surface area contributed by atoms with Crippen molar-refractivity contribution in [3.05, 3.63) is 12.0 Å². The fourth-order valence-electron chi connectivity index (χ4n) is 1.24. The molecule has 0 radical (unpaired) electrons. The molecule has 0 saturated carbocycles. The van der Waals surface area contributed by atoms with E-state index in [0.717, 1.165) is 5.69 Å².